The fourth-order valence-corrected chi connectivity index (χ4v) is 2.98. The Hall–Kier alpha value is -1.10. The van der Waals surface area contributed by atoms with E-state index in [0.717, 1.165) is 58.3 Å². The van der Waals surface area contributed by atoms with Gasteiger partial charge in [-0.2, -0.15) is 0 Å². The highest BCUT2D eigenvalue weighted by Crippen LogP contribution is 2.13. The van der Waals surface area contributed by atoms with Crippen molar-refractivity contribution in [2.45, 2.75) is 26.3 Å². The van der Waals surface area contributed by atoms with Gasteiger partial charge in [0.1, 0.15) is 12.4 Å². The average Bonchev–Trinajstić information content (AvgIpc) is 2.57. The molecule has 2 rings (SSSR count). The third-order valence-corrected chi connectivity index (χ3v) is 4.31. The van der Waals surface area contributed by atoms with Crippen LogP contribution in [-0.2, 0) is 4.74 Å². The monoisotopic (exact) mass is 306 g/mol. The van der Waals surface area contributed by atoms with Crippen LogP contribution in [0.1, 0.15) is 20.3 Å². The molecule has 124 valence electrons. The van der Waals surface area contributed by atoms with E-state index in [4.69, 9.17) is 9.47 Å². The molecule has 0 amide bonds. The predicted octanol–water partition coefficient (Wildman–Crippen LogP) is 2.50. The van der Waals surface area contributed by atoms with Gasteiger partial charge in [0.15, 0.2) is 0 Å². The quantitative estimate of drug-likeness (QED) is 0.655. The highest BCUT2D eigenvalue weighted by atomic mass is 16.5. The summed E-state index contributed by atoms with van der Waals surface area (Å²) in [7, 11) is 0. The molecule has 0 bridgehead atoms. The summed E-state index contributed by atoms with van der Waals surface area (Å²) in [5.74, 6) is 0.963. The number of ether oxygens (including phenoxy) is 2. The van der Waals surface area contributed by atoms with E-state index >= 15 is 0 Å². The molecule has 22 heavy (non-hydrogen) atoms. The van der Waals surface area contributed by atoms with Crippen LogP contribution in [-0.4, -0.2) is 68.4 Å². The van der Waals surface area contributed by atoms with E-state index in [9.17, 15) is 0 Å². The molecule has 0 spiro atoms. The molecular formula is C18H30N2O2. The highest BCUT2D eigenvalue weighted by Gasteiger charge is 2.25. The van der Waals surface area contributed by atoms with Gasteiger partial charge < -0.3 is 9.47 Å². The van der Waals surface area contributed by atoms with E-state index < -0.39 is 0 Å². The molecule has 0 aliphatic carbocycles. The molecule has 1 aromatic rings. The number of hydrogen-bond acceptors (Lipinski definition) is 4. The van der Waals surface area contributed by atoms with Crippen LogP contribution in [0.4, 0.5) is 0 Å². The Labute approximate surface area is 135 Å². The first kappa shape index (κ1) is 17.3. The maximum atomic E-state index is 5.81. The number of piperazine rings is 1. The first-order valence-electron chi connectivity index (χ1n) is 8.55. The topological polar surface area (TPSA) is 24.9 Å². The Morgan fingerprint density at radius 1 is 1.05 bits per heavy atom. The molecule has 1 atom stereocenters. The number of rotatable bonds is 9. The van der Waals surface area contributed by atoms with Crippen LogP contribution >= 0.6 is 0 Å². The van der Waals surface area contributed by atoms with Crippen LogP contribution in [0.15, 0.2) is 30.3 Å². The second kappa shape index (κ2) is 9.82. The molecule has 4 nitrogen and oxygen atoms in total. The summed E-state index contributed by atoms with van der Waals surface area (Å²) in [5, 5.41) is 0. The van der Waals surface area contributed by atoms with Gasteiger partial charge in [0.25, 0.3) is 0 Å². The van der Waals surface area contributed by atoms with Crippen molar-refractivity contribution in [3.05, 3.63) is 30.3 Å². The summed E-state index contributed by atoms with van der Waals surface area (Å²) in [4.78, 5) is 5.10. The van der Waals surface area contributed by atoms with Gasteiger partial charge in [-0.1, -0.05) is 25.1 Å². The summed E-state index contributed by atoms with van der Waals surface area (Å²) in [6.07, 6.45) is 1.20. The average molecular weight is 306 g/mol. The van der Waals surface area contributed by atoms with E-state index in [1.54, 1.807) is 0 Å². The third-order valence-electron chi connectivity index (χ3n) is 4.31. The Morgan fingerprint density at radius 3 is 2.59 bits per heavy atom. The van der Waals surface area contributed by atoms with E-state index in [-0.39, 0.29) is 0 Å². The molecule has 0 saturated carbocycles. The minimum atomic E-state index is 0.644. The molecule has 0 N–H and O–H groups in total. The van der Waals surface area contributed by atoms with Crippen LogP contribution < -0.4 is 4.74 Å². The minimum absolute atomic E-state index is 0.644. The Bertz CT molecular complexity index is 399. The van der Waals surface area contributed by atoms with Crippen molar-refractivity contribution in [3.63, 3.8) is 0 Å². The Morgan fingerprint density at radius 2 is 1.86 bits per heavy atom. The van der Waals surface area contributed by atoms with E-state index in [0.29, 0.717) is 6.04 Å². The van der Waals surface area contributed by atoms with Crippen LogP contribution in [0.25, 0.3) is 0 Å². The zero-order chi connectivity index (χ0) is 15.6. The highest BCUT2D eigenvalue weighted by molar-refractivity contribution is 5.20. The summed E-state index contributed by atoms with van der Waals surface area (Å²) in [5.41, 5.74) is 0. The number of benzene rings is 1. The number of hydrogen-bond donors (Lipinski definition) is 0. The fraction of sp³-hybridized carbons (Fsp3) is 0.667. The molecular weight excluding hydrogens is 276 g/mol. The van der Waals surface area contributed by atoms with Crippen molar-refractivity contribution in [3.8, 4) is 5.75 Å². The molecule has 1 fully saturated rings. The standard InChI is InChI=1S/C18H30N2O2/c1-3-17-16-19(10-11-20(17)13-14-21-4-2)12-15-22-18-8-6-5-7-9-18/h5-9,17H,3-4,10-16H2,1-2H3/t17-/m0/s1. The minimum Gasteiger partial charge on any atom is -0.492 e. The van der Waals surface area contributed by atoms with Gasteiger partial charge >= 0.3 is 0 Å². The van der Waals surface area contributed by atoms with Crippen LogP contribution in [0.3, 0.4) is 0 Å². The molecule has 4 heteroatoms. The summed E-state index contributed by atoms with van der Waals surface area (Å²) >= 11 is 0. The molecule has 1 heterocycles. The molecule has 0 radical (unpaired) electrons. The lowest BCUT2D eigenvalue weighted by Crippen LogP contribution is -2.54. The normalized spacial score (nSPS) is 20.2. The predicted molar refractivity (Wildman–Crippen MR) is 90.5 cm³/mol. The van der Waals surface area contributed by atoms with E-state index in [1.165, 1.54) is 6.42 Å². The largest absolute Gasteiger partial charge is 0.492 e. The zero-order valence-electron chi connectivity index (χ0n) is 14.0. The van der Waals surface area contributed by atoms with Crippen molar-refractivity contribution in [1.82, 2.24) is 9.80 Å². The van der Waals surface area contributed by atoms with Gasteiger partial charge in [-0.25, -0.2) is 0 Å². The number of nitrogens with zero attached hydrogens (tertiary/aromatic N) is 2. The van der Waals surface area contributed by atoms with Gasteiger partial charge in [-0.05, 0) is 25.5 Å². The van der Waals surface area contributed by atoms with Crippen molar-refractivity contribution in [2.24, 2.45) is 0 Å². The van der Waals surface area contributed by atoms with Crippen molar-refractivity contribution in [1.29, 1.82) is 0 Å². The first-order valence-corrected chi connectivity index (χ1v) is 8.55. The van der Waals surface area contributed by atoms with Crippen molar-refractivity contribution < 1.29 is 9.47 Å². The van der Waals surface area contributed by atoms with Crippen LogP contribution in [0, 0.1) is 0 Å². The fourth-order valence-electron chi connectivity index (χ4n) is 2.98. The lowest BCUT2D eigenvalue weighted by atomic mass is 10.1. The molecule has 0 aromatic heterocycles. The van der Waals surface area contributed by atoms with Gasteiger partial charge in [0.2, 0.25) is 0 Å². The Kier molecular flexibility index (Phi) is 7.71. The summed E-state index contributed by atoms with van der Waals surface area (Å²) < 4.78 is 11.3. The van der Waals surface area contributed by atoms with Gasteiger partial charge in [-0.15, -0.1) is 0 Å². The lowest BCUT2D eigenvalue weighted by molar-refractivity contribution is 0.0369. The van der Waals surface area contributed by atoms with Gasteiger partial charge in [0, 0.05) is 45.4 Å². The third kappa shape index (κ3) is 5.59. The first-order chi connectivity index (χ1) is 10.8. The van der Waals surface area contributed by atoms with Gasteiger partial charge in [0.05, 0.1) is 6.61 Å². The summed E-state index contributed by atoms with van der Waals surface area (Å²) in [6.45, 7) is 12.2. The van der Waals surface area contributed by atoms with Crippen molar-refractivity contribution in [2.75, 3.05) is 52.5 Å². The Balaban J connectivity index is 1.69. The van der Waals surface area contributed by atoms with E-state index in [2.05, 4.69) is 23.6 Å². The molecule has 1 aliphatic rings. The summed E-state index contributed by atoms with van der Waals surface area (Å²) in [6, 6.07) is 10.7. The SMILES string of the molecule is CCOCCN1CCN(CCOc2ccccc2)C[C@@H]1CC. The van der Waals surface area contributed by atoms with Gasteiger partial charge in [-0.3, -0.25) is 9.80 Å². The molecule has 1 saturated heterocycles. The maximum Gasteiger partial charge on any atom is 0.119 e. The second-order valence-electron chi connectivity index (χ2n) is 5.76. The smallest absolute Gasteiger partial charge is 0.119 e. The van der Waals surface area contributed by atoms with E-state index in [1.807, 2.05) is 30.3 Å². The molecule has 1 aliphatic heterocycles. The number of para-hydroxylation sites is 1. The maximum absolute atomic E-state index is 5.81. The molecule has 1 aromatic carbocycles. The second-order valence-corrected chi connectivity index (χ2v) is 5.76. The van der Waals surface area contributed by atoms with Crippen molar-refractivity contribution >= 4 is 0 Å². The van der Waals surface area contributed by atoms with Crippen LogP contribution in [0.5, 0.6) is 5.75 Å². The lowest BCUT2D eigenvalue weighted by Gasteiger charge is -2.41. The molecule has 0 unspecified atom stereocenters. The van der Waals surface area contributed by atoms with Crippen LogP contribution in [0.2, 0.25) is 0 Å². The zero-order valence-corrected chi connectivity index (χ0v) is 14.0.